The SMILES string of the molecule is CCCC(CN)N1CCN(C2CCOC3(CCC3)C2)CC1. The highest BCUT2D eigenvalue weighted by Crippen LogP contribution is 2.43. The Bertz CT molecular complexity index is 324. The third-order valence-corrected chi connectivity index (χ3v) is 6.01. The Morgan fingerprint density at radius 1 is 1.24 bits per heavy atom. The Kier molecular flexibility index (Phi) is 5.20. The minimum atomic E-state index is 0.280. The molecule has 21 heavy (non-hydrogen) atoms. The highest BCUT2D eigenvalue weighted by atomic mass is 16.5. The van der Waals surface area contributed by atoms with E-state index in [9.17, 15) is 0 Å². The van der Waals surface area contributed by atoms with Gasteiger partial charge in [0.05, 0.1) is 5.60 Å². The Morgan fingerprint density at radius 3 is 2.57 bits per heavy atom. The highest BCUT2D eigenvalue weighted by Gasteiger charge is 2.44. The van der Waals surface area contributed by atoms with Gasteiger partial charge >= 0.3 is 0 Å². The van der Waals surface area contributed by atoms with Crippen molar-refractivity contribution in [1.29, 1.82) is 0 Å². The van der Waals surface area contributed by atoms with Gasteiger partial charge in [-0.05, 0) is 38.5 Å². The number of hydrogen-bond donors (Lipinski definition) is 1. The molecule has 1 saturated carbocycles. The lowest BCUT2D eigenvalue weighted by Crippen LogP contribution is -2.58. The first-order valence-electron chi connectivity index (χ1n) is 9.08. The van der Waals surface area contributed by atoms with Gasteiger partial charge in [0, 0.05) is 51.4 Å². The van der Waals surface area contributed by atoms with Crippen LogP contribution in [0.2, 0.25) is 0 Å². The number of nitrogens with zero attached hydrogens (tertiary/aromatic N) is 2. The van der Waals surface area contributed by atoms with Gasteiger partial charge in [0.2, 0.25) is 0 Å². The molecule has 4 nitrogen and oxygen atoms in total. The Hall–Kier alpha value is -0.160. The summed E-state index contributed by atoms with van der Waals surface area (Å²) in [5.74, 6) is 0. The second-order valence-corrected chi connectivity index (χ2v) is 7.28. The predicted octanol–water partition coefficient (Wildman–Crippen LogP) is 1.83. The van der Waals surface area contributed by atoms with Crippen molar-refractivity contribution < 1.29 is 4.74 Å². The standard InChI is InChI=1S/C17H33N3O/c1-2-4-16(14-18)20-10-8-19(9-11-20)15-5-12-21-17(13-15)6-3-7-17/h15-16H,2-14,18H2,1H3. The lowest BCUT2D eigenvalue weighted by atomic mass is 9.73. The van der Waals surface area contributed by atoms with Crippen molar-refractivity contribution in [2.24, 2.45) is 5.73 Å². The molecule has 3 fully saturated rings. The average molecular weight is 295 g/mol. The van der Waals surface area contributed by atoms with Crippen LogP contribution >= 0.6 is 0 Å². The number of piperazine rings is 1. The molecule has 2 heterocycles. The quantitative estimate of drug-likeness (QED) is 0.840. The molecular weight excluding hydrogens is 262 g/mol. The van der Waals surface area contributed by atoms with Crippen molar-refractivity contribution in [1.82, 2.24) is 9.80 Å². The maximum atomic E-state index is 6.08. The summed E-state index contributed by atoms with van der Waals surface area (Å²) in [7, 11) is 0. The van der Waals surface area contributed by atoms with Crippen LogP contribution in [0.15, 0.2) is 0 Å². The zero-order valence-corrected chi connectivity index (χ0v) is 13.7. The zero-order chi connectivity index (χ0) is 14.7. The van der Waals surface area contributed by atoms with E-state index in [2.05, 4.69) is 16.7 Å². The third kappa shape index (κ3) is 3.44. The molecule has 3 rings (SSSR count). The molecule has 0 amide bonds. The van der Waals surface area contributed by atoms with Gasteiger partial charge in [0.25, 0.3) is 0 Å². The normalized spacial score (nSPS) is 32.0. The zero-order valence-electron chi connectivity index (χ0n) is 13.7. The highest BCUT2D eigenvalue weighted by molar-refractivity contribution is 4.97. The van der Waals surface area contributed by atoms with Crippen molar-refractivity contribution in [2.45, 2.75) is 69.6 Å². The van der Waals surface area contributed by atoms with E-state index in [1.54, 1.807) is 0 Å². The van der Waals surface area contributed by atoms with Crippen LogP contribution in [0.1, 0.15) is 51.9 Å². The van der Waals surface area contributed by atoms with Gasteiger partial charge < -0.3 is 10.5 Å². The first kappa shape index (κ1) is 15.7. The van der Waals surface area contributed by atoms with Crippen molar-refractivity contribution in [3.63, 3.8) is 0 Å². The first-order chi connectivity index (χ1) is 10.3. The van der Waals surface area contributed by atoms with Gasteiger partial charge in [0.1, 0.15) is 0 Å². The summed E-state index contributed by atoms with van der Waals surface area (Å²) in [6.07, 6.45) is 8.97. The number of nitrogens with two attached hydrogens (primary N) is 1. The van der Waals surface area contributed by atoms with E-state index in [0.717, 1.165) is 19.2 Å². The molecule has 3 aliphatic rings. The lowest BCUT2D eigenvalue weighted by molar-refractivity contribution is -0.151. The van der Waals surface area contributed by atoms with E-state index >= 15 is 0 Å². The third-order valence-electron chi connectivity index (χ3n) is 6.01. The summed E-state index contributed by atoms with van der Waals surface area (Å²) in [6.45, 7) is 8.90. The van der Waals surface area contributed by atoms with Crippen molar-refractivity contribution in [3.05, 3.63) is 0 Å². The van der Waals surface area contributed by atoms with Crippen LogP contribution in [-0.4, -0.2) is 66.8 Å². The molecule has 1 spiro atoms. The summed E-state index contributed by atoms with van der Waals surface area (Å²) in [6, 6.07) is 1.37. The van der Waals surface area contributed by atoms with Crippen molar-refractivity contribution in [2.75, 3.05) is 39.3 Å². The van der Waals surface area contributed by atoms with Crippen LogP contribution in [0.3, 0.4) is 0 Å². The summed E-state index contributed by atoms with van der Waals surface area (Å²) >= 11 is 0. The van der Waals surface area contributed by atoms with Gasteiger partial charge in [-0.25, -0.2) is 0 Å². The molecule has 2 unspecified atom stereocenters. The fraction of sp³-hybridized carbons (Fsp3) is 1.00. The molecule has 1 aliphatic carbocycles. The molecule has 0 radical (unpaired) electrons. The maximum Gasteiger partial charge on any atom is 0.0697 e. The Morgan fingerprint density at radius 2 is 2.00 bits per heavy atom. The molecular formula is C17H33N3O. The maximum absolute atomic E-state index is 6.08. The smallest absolute Gasteiger partial charge is 0.0697 e. The van der Waals surface area contributed by atoms with Gasteiger partial charge in [0.15, 0.2) is 0 Å². The summed E-state index contributed by atoms with van der Waals surface area (Å²) in [5, 5.41) is 0. The second kappa shape index (κ2) is 6.95. The molecule has 2 N–H and O–H groups in total. The summed E-state index contributed by atoms with van der Waals surface area (Å²) in [4.78, 5) is 5.36. The van der Waals surface area contributed by atoms with Crippen LogP contribution < -0.4 is 5.73 Å². The van der Waals surface area contributed by atoms with Crippen LogP contribution in [0, 0.1) is 0 Å². The molecule has 2 saturated heterocycles. The molecule has 4 heteroatoms. The molecule has 2 aliphatic heterocycles. The predicted molar refractivity (Wildman–Crippen MR) is 86.5 cm³/mol. The van der Waals surface area contributed by atoms with Crippen LogP contribution in [0.4, 0.5) is 0 Å². The minimum Gasteiger partial charge on any atom is -0.375 e. The van der Waals surface area contributed by atoms with E-state index in [1.165, 1.54) is 71.1 Å². The van der Waals surface area contributed by atoms with E-state index in [0.29, 0.717) is 6.04 Å². The largest absolute Gasteiger partial charge is 0.375 e. The van der Waals surface area contributed by atoms with Gasteiger partial charge in [-0.15, -0.1) is 0 Å². The van der Waals surface area contributed by atoms with Crippen LogP contribution in [0.25, 0.3) is 0 Å². The van der Waals surface area contributed by atoms with Gasteiger partial charge in [-0.1, -0.05) is 13.3 Å². The number of rotatable bonds is 5. The van der Waals surface area contributed by atoms with Crippen molar-refractivity contribution in [3.8, 4) is 0 Å². The fourth-order valence-corrected chi connectivity index (χ4v) is 4.48. The molecule has 2 atom stereocenters. The van der Waals surface area contributed by atoms with Gasteiger partial charge in [-0.2, -0.15) is 0 Å². The Balaban J connectivity index is 1.49. The number of hydrogen-bond acceptors (Lipinski definition) is 4. The number of ether oxygens (including phenoxy) is 1. The van der Waals surface area contributed by atoms with Crippen LogP contribution in [-0.2, 0) is 4.74 Å². The molecule has 122 valence electrons. The first-order valence-corrected chi connectivity index (χ1v) is 9.08. The summed E-state index contributed by atoms with van der Waals surface area (Å²) < 4.78 is 6.08. The van der Waals surface area contributed by atoms with E-state index in [4.69, 9.17) is 10.5 Å². The van der Waals surface area contributed by atoms with Crippen LogP contribution in [0.5, 0.6) is 0 Å². The topological polar surface area (TPSA) is 41.7 Å². The van der Waals surface area contributed by atoms with E-state index < -0.39 is 0 Å². The lowest BCUT2D eigenvalue weighted by Gasteiger charge is -2.51. The van der Waals surface area contributed by atoms with E-state index in [-0.39, 0.29) is 5.60 Å². The molecule has 0 aromatic heterocycles. The second-order valence-electron chi connectivity index (χ2n) is 7.28. The fourth-order valence-electron chi connectivity index (χ4n) is 4.48. The monoisotopic (exact) mass is 295 g/mol. The summed E-state index contributed by atoms with van der Waals surface area (Å²) in [5.41, 5.74) is 6.24. The van der Waals surface area contributed by atoms with E-state index in [1.807, 2.05) is 0 Å². The minimum absolute atomic E-state index is 0.280. The Labute approximate surface area is 130 Å². The van der Waals surface area contributed by atoms with Crippen molar-refractivity contribution >= 4 is 0 Å². The molecule has 0 aromatic rings. The average Bonchev–Trinajstić information content (AvgIpc) is 2.51. The molecule has 0 aromatic carbocycles. The molecule has 0 bridgehead atoms. The van der Waals surface area contributed by atoms with Gasteiger partial charge in [-0.3, -0.25) is 9.80 Å².